The first-order valence-electron chi connectivity index (χ1n) is 13.5. The van der Waals surface area contributed by atoms with Gasteiger partial charge in [0.05, 0.1) is 11.6 Å². The smallest absolute Gasteiger partial charge is 0.396 e. The Morgan fingerprint density at radius 3 is 1.36 bits per heavy atom. The number of hydrogen-bond donors (Lipinski definition) is 0. The summed E-state index contributed by atoms with van der Waals surface area (Å²) in [5.41, 5.74) is 5.34. The van der Waals surface area contributed by atoms with Crippen molar-refractivity contribution in [3.63, 3.8) is 0 Å². The van der Waals surface area contributed by atoms with Gasteiger partial charge in [0.1, 0.15) is 12.7 Å². The number of nitrogens with zero attached hydrogens (tertiary/aromatic N) is 10. The van der Waals surface area contributed by atoms with E-state index >= 15 is 0 Å². The van der Waals surface area contributed by atoms with Crippen molar-refractivity contribution in [3.05, 3.63) is 84.5 Å². The van der Waals surface area contributed by atoms with Crippen molar-refractivity contribution in [2.75, 3.05) is 0 Å². The number of imidazole rings is 2. The average molecular weight is 651 g/mol. The summed E-state index contributed by atoms with van der Waals surface area (Å²) in [5.74, 6) is 1.35. The molecular formula is C31H32N10Pd. The van der Waals surface area contributed by atoms with E-state index < -0.39 is 5.41 Å². The maximum absolute atomic E-state index is 5.03. The minimum Gasteiger partial charge on any atom is -0.396 e. The summed E-state index contributed by atoms with van der Waals surface area (Å²) < 4.78 is 3.57. The Morgan fingerprint density at radius 2 is 0.976 bits per heavy atom. The fraction of sp³-hybridized carbons (Fsp3) is 0.355. The zero-order valence-electron chi connectivity index (χ0n) is 24.9. The predicted molar refractivity (Wildman–Crippen MR) is 156 cm³/mol. The molecule has 0 aliphatic rings. The van der Waals surface area contributed by atoms with E-state index in [0.29, 0.717) is 22.9 Å². The Hall–Kier alpha value is -3.94. The molecule has 0 spiro atoms. The quantitative estimate of drug-likeness (QED) is 0.188. The molecule has 0 bridgehead atoms. The van der Waals surface area contributed by atoms with Gasteiger partial charge < -0.3 is 19.1 Å². The van der Waals surface area contributed by atoms with Crippen molar-refractivity contribution in [3.8, 4) is 11.6 Å². The molecular weight excluding hydrogens is 619 g/mol. The van der Waals surface area contributed by atoms with Crippen LogP contribution in [0.5, 0.6) is 0 Å². The van der Waals surface area contributed by atoms with E-state index in [-0.39, 0.29) is 31.3 Å². The van der Waals surface area contributed by atoms with Crippen LogP contribution in [0.15, 0.2) is 49.1 Å². The zero-order chi connectivity index (χ0) is 29.2. The van der Waals surface area contributed by atoms with Crippen LogP contribution in [-0.2, 0) is 36.7 Å². The zero-order valence-corrected chi connectivity index (χ0v) is 26.5. The summed E-state index contributed by atoms with van der Waals surface area (Å²) in [5, 5.41) is 0. The van der Waals surface area contributed by atoms with Crippen LogP contribution in [0, 0.1) is 12.7 Å². The van der Waals surface area contributed by atoms with Gasteiger partial charge in [0.15, 0.2) is 0 Å². The van der Waals surface area contributed by atoms with Crippen molar-refractivity contribution >= 4 is 22.3 Å². The standard InChI is InChI=1S/C31H32N10.Pd/c1-29(2,3)25-23-27(34-15-32-25)40(17-36-23)21-13-9-11-19(38-21)31(7,8)20-12-10-14-22(39-20)41-18-37-24-26(30(4,5)6)33-16-35-28(24)41;/h9-16H,1-8H3;/q-2;+2. The molecule has 0 N–H and O–H groups in total. The maximum atomic E-state index is 5.03. The van der Waals surface area contributed by atoms with Gasteiger partial charge in [-0.3, -0.25) is 29.9 Å². The third kappa shape index (κ3) is 5.01. The fourth-order valence-electron chi connectivity index (χ4n) is 4.91. The van der Waals surface area contributed by atoms with Crippen LogP contribution in [-0.4, -0.2) is 49.0 Å². The third-order valence-corrected chi connectivity index (χ3v) is 7.18. The summed E-state index contributed by atoms with van der Waals surface area (Å²) in [4.78, 5) is 37.1. The normalized spacial score (nSPS) is 12.6. The van der Waals surface area contributed by atoms with Gasteiger partial charge in [-0.1, -0.05) is 65.8 Å². The van der Waals surface area contributed by atoms with Crippen LogP contribution >= 0.6 is 0 Å². The average Bonchev–Trinajstić information content (AvgIpc) is 3.56. The van der Waals surface area contributed by atoms with Gasteiger partial charge in [-0.2, -0.15) is 0 Å². The summed E-state index contributed by atoms with van der Waals surface area (Å²) >= 11 is 0. The van der Waals surface area contributed by atoms with Gasteiger partial charge in [-0.25, -0.2) is 0 Å². The third-order valence-electron chi connectivity index (χ3n) is 7.18. The SMILES string of the molecule is CC(C)(C)c1ncnc2c1n[c-]n2-c1cccc(C(C)(C)c2cccc(-n3[c-]nc4c(C(C)(C)C)ncnc43)n2)n1.[Pd+2]. The Bertz CT molecular complexity index is 1770. The van der Waals surface area contributed by atoms with Gasteiger partial charge in [0.25, 0.3) is 0 Å². The van der Waals surface area contributed by atoms with Gasteiger partial charge in [0, 0.05) is 63.2 Å². The number of fused-ring (bicyclic) bond motifs is 2. The molecule has 0 unspecified atom stereocenters. The fourth-order valence-corrected chi connectivity index (χ4v) is 4.91. The maximum Gasteiger partial charge on any atom is 2.00 e. The first-order valence-corrected chi connectivity index (χ1v) is 13.5. The molecule has 6 aromatic rings. The Kier molecular flexibility index (Phi) is 7.32. The number of rotatable bonds is 4. The molecule has 0 saturated carbocycles. The van der Waals surface area contributed by atoms with E-state index in [1.54, 1.807) is 21.8 Å². The molecule has 0 aliphatic carbocycles. The van der Waals surface area contributed by atoms with E-state index in [1.807, 2.05) is 36.4 Å². The van der Waals surface area contributed by atoms with Crippen LogP contribution in [0.3, 0.4) is 0 Å². The summed E-state index contributed by atoms with van der Waals surface area (Å²) in [7, 11) is 0. The number of aromatic nitrogens is 10. The van der Waals surface area contributed by atoms with E-state index in [9.17, 15) is 0 Å². The van der Waals surface area contributed by atoms with Gasteiger partial charge in [-0.05, 0) is 36.8 Å². The molecule has 0 aliphatic heterocycles. The Labute approximate surface area is 258 Å². The van der Waals surface area contributed by atoms with Crippen molar-refractivity contribution < 1.29 is 20.4 Å². The molecule has 6 rings (SSSR count). The van der Waals surface area contributed by atoms with Crippen molar-refractivity contribution in [1.82, 2.24) is 49.0 Å². The predicted octanol–water partition coefficient (Wildman–Crippen LogP) is 5.25. The van der Waals surface area contributed by atoms with Crippen LogP contribution in [0.25, 0.3) is 34.0 Å². The Morgan fingerprint density at radius 1 is 0.571 bits per heavy atom. The molecule has 42 heavy (non-hydrogen) atoms. The van der Waals surface area contributed by atoms with Crippen LogP contribution in [0.2, 0.25) is 0 Å². The van der Waals surface area contributed by atoms with E-state index in [2.05, 4.69) is 97.9 Å². The minimum absolute atomic E-state index is 0. The van der Waals surface area contributed by atoms with Crippen molar-refractivity contribution in [1.29, 1.82) is 0 Å². The minimum atomic E-state index is -0.532. The molecule has 11 heteroatoms. The summed E-state index contributed by atoms with van der Waals surface area (Å²) in [6, 6.07) is 11.8. The second-order valence-electron chi connectivity index (χ2n) is 12.8. The second kappa shape index (κ2) is 10.4. The molecule has 216 valence electrons. The van der Waals surface area contributed by atoms with Crippen molar-refractivity contribution in [2.45, 2.75) is 71.6 Å². The molecule has 10 nitrogen and oxygen atoms in total. The van der Waals surface area contributed by atoms with Crippen LogP contribution in [0.4, 0.5) is 0 Å². The van der Waals surface area contributed by atoms with E-state index in [0.717, 1.165) is 33.8 Å². The topological polar surface area (TPSA) is 113 Å². The molecule has 6 heterocycles. The van der Waals surface area contributed by atoms with Gasteiger partial charge in [-0.15, -0.1) is 0 Å². The molecule has 0 radical (unpaired) electrons. The van der Waals surface area contributed by atoms with Gasteiger partial charge in [0.2, 0.25) is 0 Å². The first kappa shape index (κ1) is 29.6. The van der Waals surface area contributed by atoms with E-state index in [4.69, 9.17) is 9.97 Å². The van der Waals surface area contributed by atoms with Crippen molar-refractivity contribution in [2.24, 2.45) is 0 Å². The molecule has 0 amide bonds. The monoisotopic (exact) mass is 650 g/mol. The summed E-state index contributed by atoms with van der Waals surface area (Å²) in [6.45, 7) is 16.9. The second-order valence-corrected chi connectivity index (χ2v) is 12.8. The van der Waals surface area contributed by atoms with Crippen LogP contribution in [0.1, 0.15) is 78.2 Å². The molecule has 0 aromatic carbocycles. The first-order chi connectivity index (χ1) is 19.4. The van der Waals surface area contributed by atoms with Gasteiger partial charge >= 0.3 is 20.4 Å². The van der Waals surface area contributed by atoms with E-state index in [1.165, 1.54) is 0 Å². The molecule has 0 saturated heterocycles. The Balaban J connectivity index is 0.00000353. The summed E-state index contributed by atoms with van der Waals surface area (Å²) in [6.07, 6.45) is 9.31. The largest absolute Gasteiger partial charge is 2.00 e. The molecule has 0 atom stereocenters. The van der Waals surface area contributed by atoms with Crippen LogP contribution < -0.4 is 0 Å². The molecule has 6 aromatic heterocycles. The number of hydrogen-bond acceptors (Lipinski definition) is 8. The molecule has 0 fully saturated rings. The number of pyridine rings is 2.